The number of aromatic nitrogens is 3. The minimum atomic E-state index is 0.336. The number of ether oxygens (including phenoxy) is 2. The minimum Gasteiger partial charge on any atom is -0.493 e. The third-order valence-electron chi connectivity index (χ3n) is 4.18. The van der Waals surface area contributed by atoms with Gasteiger partial charge in [-0.2, -0.15) is 20.1 Å². The molecule has 9 nitrogen and oxygen atoms in total. The molecule has 0 amide bonds. The van der Waals surface area contributed by atoms with Crippen LogP contribution in [0, 0.1) is 0 Å². The van der Waals surface area contributed by atoms with Crippen molar-refractivity contribution >= 4 is 24.1 Å². The molecule has 3 rings (SSSR count). The molecule has 0 bridgehead atoms. The van der Waals surface area contributed by atoms with Gasteiger partial charge in [0, 0.05) is 20.6 Å². The van der Waals surface area contributed by atoms with Gasteiger partial charge in [-0.05, 0) is 36.2 Å². The van der Waals surface area contributed by atoms with E-state index in [1.54, 1.807) is 13.3 Å². The Balaban J connectivity index is 1.72. The van der Waals surface area contributed by atoms with Gasteiger partial charge in [0.1, 0.15) is 0 Å². The Hall–Kier alpha value is -3.88. The highest BCUT2D eigenvalue weighted by Crippen LogP contribution is 2.27. The number of hydrogen-bond donors (Lipinski definition) is 2. The van der Waals surface area contributed by atoms with Crippen LogP contribution in [0.4, 0.5) is 17.8 Å². The predicted molar refractivity (Wildman–Crippen MR) is 123 cm³/mol. The van der Waals surface area contributed by atoms with E-state index < -0.39 is 0 Å². The van der Waals surface area contributed by atoms with Crippen molar-refractivity contribution in [2.75, 3.05) is 43.5 Å². The zero-order chi connectivity index (χ0) is 22.1. The normalized spacial score (nSPS) is 10.7. The molecule has 9 heteroatoms. The van der Waals surface area contributed by atoms with Gasteiger partial charge in [0.25, 0.3) is 0 Å². The maximum atomic E-state index is 5.54. The minimum absolute atomic E-state index is 0.336. The van der Waals surface area contributed by atoms with Gasteiger partial charge in [0.15, 0.2) is 11.5 Å². The second-order valence-electron chi connectivity index (χ2n) is 6.73. The van der Waals surface area contributed by atoms with Gasteiger partial charge in [0.05, 0.1) is 19.9 Å². The van der Waals surface area contributed by atoms with Crippen molar-refractivity contribution in [1.29, 1.82) is 0 Å². The average Bonchev–Trinajstić information content (AvgIpc) is 2.79. The van der Waals surface area contributed by atoms with Gasteiger partial charge in [-0.1, -0.05) is 30.3 Å². The second-order valence-corrected chi connectivity index (χ2v) is 6.73. The first-order valence-corrected chi connectivity index (χ1v) is 9.90. The molecule has 1 aromatic heterocycles. The summed E-state index contributed by atoms with van der Waals surface area (Å²) in [6.45, 7) is 3.10. The molecule has 0 radical (unpaired) electrons. The molecular weight excluding hydrogens is 394 g/mol. The summed E-state index contributed by atoms with van der Waals surface area (Å²) < 4.78 is 10.9. The maximum Gasteiger partial charge on any atom is 0.250 e. The zero-order valence-electron chi connectivity index (χ0n) is 18.2. The SMILES string of the molecule is CCOc1ccc(/C=N\Nc2nc(NCc3ccccc3)nc(N(C)C)n2)cc1OC. The lowest BCUT2D eigenvalue weighted by atomic mass is 10.2. The number of hydrazone groups is 1. The zero-order valence-corrected chi connectivity index (χ0v) is 18.2. The lowest BCUT2D eigenvalue weighted by molar-refractivity contribution is 0.311. The van der Waals surface area contributed by atoms with E-state index in [2.05, 4.69) is 30.8 Å². The molecule has 0 saturated carbocycles. The van der Waals surface area contributed by atoms with Crippen LogP contribution in [0.2, 0.25) is 0 Å². The second kappa shape index (κ2) is 10.8. The monoisotopic (exact) mass is 421 g/mol. The standard InChI is InChI=1S/C22H27N7O2/c1-5-31-18-12-11-17(13-19(18)30-4)15-24-28-21-25-20(26-22(27-21)29(2)3)23-14-16-9-7-6-8-10-16/h6-13,15H,5,14H2,1-4H3,(H2,23,25,26,27,28)/b24-15-. The molecule has 162 valence electrons. The van der Waals surface area contributed by atoms with Crippen LogP contribution in [-0.2, 0) is 6.54 Å². The number of anilines is 3. The van der Waals surface area contributed by atoms with Gasteiger partial charge in [0.2, 0.25) is 17.8 Å². The molecule has 0 aliphatic rings. The van der Waals surface area contributed by atoms with E-state index in [9.17, 15) is 0 Å². The molecule has 0 aliphatic heterocycles. The molecule has 0 aliphatic carbocycles. The summed E-state index contributed by atoms with van der Waals surface area (Å²) in [5.41, 5.74) is 4.85. The molecule has 3 aromatic rings. The van der Waals surface area contributed by atoms with Crippen LogP contribution in [0.15, 0.2) is 53.6 Å². The number of benzene rings is 2. The Labute approximate surface area is 182 Å². The fourth-order valence-electron chi connectivity index (χ4n) is 2.67. The first-order valence-electron chi connectivity index (χ1n) is 9.90. The molecule has 2 N–H and O–H groups in total. The topological polar surface area (TPSA) is 96.8 Å². The van der Waals surface area contributed by atoms with E-state index in [0.29, 0.717) is 42.5 Å². The summed E-state index contributed by atoms with van der Waals surface area (Å²) in [4.78, 5) is 15.0. The first-order chi connectivity index (χ1) is 15.1. The summed E-state index contributed by atoms with van der Waals surface area (Å²) in [7, 11) is 5.35. The third-order valence-corrected chi connectivity index (χ3v) is 4.18. The number of hydrogen-bond acceptors (Lipinski definition) is 9. The average molecular weight is 422 g/mol. The van der Waals surface area contributed by atoms with E-state index in [1.165, 1.54) is 0 Å². The number of nitrogens with zero attached hydrogens (tertiary/aromatic N) is 5. The Kier molecular flexibility index (Phi) is 7.58. The maximum absolute atomic E-state index is 5.54. The summed E-state index contributed by atoms with van der Waals surface area (Å²) >= 11 is 0. The molecule has 1 heterocycles. The fraction of sp³-hybridized carbons (Fsp3) is 0.273. The molecule has 0 unspecified atom stereocenters. The van der Waals surface area contributed by atoms with Gasteiger partial charge in [-0.25, -0.2) is 5.43 Å². The van der Waals surface area contributed by atoms with Crippen molar-refractivity contribution < 1.29 is 9.47 Å². The van der Waals surface area contributed by atoms with Gasteiger partial charge >= 0.3 is 0 Å². The molecule has 2 aromatic carbocycles. The van der Waals surface area contributed by atoms with E-state index in [0.717, 1.165) is 11.1 Å². The Bertz CT molecular complexity index is 1010. The smallest absolute Gasteiger partial charge is 0.250 e. The lowest BCUT2D eigenvalue weighted by Crippen LogP contribution is -2.16. The van der Waals surface area contributed by atoms with Gasteiger partial charge in [-0.3, -0.25) is 0 Å². The fourth-order valence-corrected chi connectivity index (χ4v) is 2.67. The number of methoxy groups -OCH3 is 1. The van der Waals surface area contributed by atoms with Crippen molar-refractivity contribution in [2.24, 2.45) is 5.10 Å². The lowest BCUT2D eigenvalue weighted by Gasteiger charge is -2.13. The van der Waals surface area contributed by atoms with E-state index >= 15 is 0 Å². The predicted octanol–water partition coefficient (Wildman–Crippen LogP) is 3.40. The van der Waals surface area contributed by atoms with Crippen molar-refractivity contribution in [3.05, 3.63) is 59.7 Å². The Morgan fingerprint density at radius 2 is 1.77 bits per heavy atom. The molecule has 0 spiro atoms. The van der Waals surface area contributed by atoms with Crippen molar-refractivity contribution in [3.8, 4) is 11.5 Å². The van der Waals surface area contributed by atoms with Crippen molar-refractivity contribution in [2.45, 2.75) is 13.5 Å². The van der Waals surface area contributed by atoms with E-state index in [4.69, 9.17) is 9.47 Å². The van der Waals surface area contributed by atoms with Crippen LogP contribution in [0.3, 0.4) is 0 Å². The summed E-state index contributed by atoms with van der Waals surface area (Å²) in [5.74, 6) is 2.66. The Morgan fingerprint density at radius 3 is 2.48 bits per heavy atom. The summed E-state index contributed by atoms with van der Waals surface area (Å²) in [6.07, 6.45) is 1.66. The molecule has 0 atom stereocenters. The molecule has 0 saturated heterocycles. The highest BCUT2D eigenvalue weighted by molar-refractivity contribution is 5.81. The van der Waals surface area contributed by atoms with E-state index in [-0.39, 0.29) is 0 Å². The quantitative estimate of drug-likeness (QED) is 0.380. The van der Waals surface area contributed by atoms with Crippen LogP contribution < -0.4 is 25.1 Å². The Morgan fingerprint density at radius 1 is 1.00 bits per heavy atom. The van der Waals surface area contributed by atoms with Crippen LogP contribution >= 0.6 is 0 Å². The largest absolute Gasteiger partial charge is 0.493 e. The van der Waals surface area contributed by atoms with E-state index in [1.807, 2.05) is 74.4 Å². The van der Waals surface area contributed by atoms with Crippen LogP contribution in [0.5, 0.6) is 11.5 Å². The highest BCUT2D eigenvalue weighted by Gasteiger charge is 2.08. The molecular formula is C22H27N7O2. The van der Waals surface area contributed by atoms with Crippen LogP contribution in [0.25, 0.3) is 0 Å². The highest BCUT2D eigenvalue weighted by atomic mass is 16.5. The summed E-state index contributed by atoms with van der Waals surface area (Å²) in [5, 5.41) is 7.48. The van der Waals surface area contributed by atoms with Crippen molar-refractivity contribution in [3.63, 3.8) is 0 Å². The number of nitrogens with one attached hydrogen (secondary N) is 2. The molecule has 31 heavy (non-hydrogen) atoms. The van der Waals surface area contributed by atoms with Crippen LogP contribution in [0.1, 0.15) is 18.1 Å². The molecule has 0 fully saturated rings. The number of rotatable bonds is 10. The van der Waals surface area contributed by atoms with Crippen LogP contribution in [-0.4, -0.2) is 49.0 Å². The van der Waals surface area contributed by atoms with Gasteiger partial charge in [-0.15, -0.1) is 0 Å². The summed E-state index contributed by atoms with van der Waals surface area (Å²) in [6, 6.07) is 15.6. The van der Waals surface area contributed by atoms with Crippen molar-refractivity contribution in [1.82, 2.24) is 15.0 Å². The third kappa shape index (κ3) is 6.30. The van der Waals surface area contributed by atoms with Gasteiger partial charge < -0.3 is 19.7 Å². The first kappa shape index (κ1) is 21.8.